The Labute approximate surface area is 99.1 Å². The summed E-state index contributed by atoms with van der Waals surface area (Å²) in [6.45, 7) is 3.29. The van der Waals surface area contributed by atoms with E-state index in [0.29, 0.717) is 0 Å². The molecule has 17 heavy (non-hydrogen) atoms. The molecule has 0 saturated carbocycles. The Hall–Kier alpha value is -2.04. The summed E-state index contributed by atoms with van der Waals surface area (Å²) in [6, 6.07) is 3.71. The van der Waals surface area contributed by atoms with Gasteiger partial charge in [0.15, 0.2) is 0 Å². The van der Waals surface area contributed by atoms with E-state index in [1.54, 1.807) is 12.1 Å². The first-order chi connectivity index (χ1) is 7.95. The number of aromatic hydroxyl groups is 1. The van der Waals surface area contributed by atoms with Gasteiger partial charge in [-0.05, 0) is 31.0 Å². The van der Waals surface area contributed by atoms with Gasteiger partial charge in [-0.1, -0.05) is 13.0 Å². The Kier molecular flexibility index (Phi) is 4.09. The third kappa shape index (κ3) is 3.21. The highest BCUT2D eigenvalue weighted by molar-refractivity contribution is 5.98. The lowest BCUT2D eigenvalue weighted by Gasteiger charge is -2.11. The van der Waals surface area contributed by atoms with E-state index in [9.17, 15) is 14.7 Å². The molecule has 1 rings (SSSR count). The molecule has 5 heteroatoms. The van der Waals surface area contributed by atoms with Crippen molar-refractivity contribution >= 4 is 11.9 Å². The minimum Gasteiger partial charge on any atom is -0.507 e. The van der Waals surface area contributed by atoms with Crippen molar-refractivity contribution in [3.8, 4) is 5.75 Å². The largest absolute Gasteiger partial charge is 0.507 e. The second kappa shape index (κ2) is 5.34. The van der Waals surface area contributed by atoms with Gasteiger partial charge >= 0.3 is 5.97 Å². The van der Waals surface area contributed by atoms with Crippen molar-refractivity contribution in [2.24, 2.45) is 0 Å². The number of nitrogens with one attached hydrogen (secondary N) is 1. The van der Waals surface area contributed by atoms with Gasteiger partial charge in [0.1, 0.15) is 11.8 Å². The van der Waals surface area contributed by atoms with Gasteiger partial charge in [-0.15, -0.1) is 0 Å². The number of phenols is 1. The van der Waals surface area contributed by atoms with Crippen LogP contribution in [0.25, 0.3) is 0 Å². The summed E-state index contributed by atoms with van der Waals surface area (Å²) in [5.74, 6) is -1.87. The second-order valence-corrected chi connectivity index (χ2v) is 3.74. The van der Waals surface area contributed by atoms with E-state index in [-0.39, 0.29) is 11.3 Å². The molecule has 0 aliphatic carbocycles. The van der Waals surface area contributed by atoms with Crippen LogP contribution in [0, 0.1) is 0 Å². The Bertz CT molecular complexity index is 442. The third-order valence-electron chi connectivity index (χ3n) is 2.43. The predicted molar refractivity (Wildman–Crippen MR) is 62.0 cm³/mol. The monoisotopic (exact) mass is 237 g/mol. The zero-order valence-electron chi connectivity index (χ0n) is 9.73. The lowest BCUT2D eigenvalue weighted by Crippen LogP contribution is -2.38. The molecule has 0 spiro atoms. The summed E-state index contributed by atoms with van der Waals surface area (Å²) in [7, 11) is 0. The maximum atomic E-state index is 11.7. The standard InChI is InChI=1S/C12H15NO4/c1-3-8-4-5-10(14)9(6-8)11(15)13-7(2)12(16)17/h4-7,14H,3H2,1-2H3,(H,13,15)(H,16,17). The molecule has 0 radical (unpaired) electrons. The molecule has 1 aromatic carbocycles. The summed E-state index contributed by atoms with van der Waals surface area (Å²) in [5, 5.41) is 20.5. The Balaban J connectivity index is 2.91. The van der Waals surface area contributed by atoms with Crippen molar-refractivity contribution in [3.63, 3.8) is 0 Å². The quantitative estimate of drug-likeness (QED) is 0.733. The molecule has 1 unspecified atom stereocenters. The van der Waals surface area contributed by atoms with Crippen LogP contribution < -0.4 is 5.32 Å². The topological polar surface area (TPSA) is 86.6 Å². The van der Waals surface area contributed by atoms with Crippen molar-refractivity contribution in [2.75, 3.05) is 0 Å². The lowest BCUT2D eigenvalue weighted by molar-refractivity contribution is -0.138. The van der Waals surface area contributed by atoms with Crippen LogP contribution in [-0.4, -0.2) is 28.1 Å². The van der Waals surface area contributed by atoms with E-state index < -0.39 is 17.9 Å². The predicted octanol–water partition coefficient (Wildman–Crippen LogP) is 1.16. The molecule has 0 bridgehead atoms. The first kappa shape index (κ1) is 13.0. The van der Waals surface area contributed by atoms with Gasteiger partial charge in [0, 0.05) is 0 Å². The molecule has 5 nitrogen and oxygen atoms in total. The zero-order chi connectivity index (χ0) is 13.0. The molecule has 0 aromatic heterocycles. The van der Waals surface area contributed by atoms with E-state index in [4.69, 9.17) is 5.11 Å². The van der Waals surface area contributed by atoms with Gasteiger partial charge in [-0.25, -0.2) is 0 Å². The molecule has 0 fully saturated rings. The molecule has 1 aromatic rings. The van der Waals surface area contributed by atoms with Crippen molar-refractivity contribution in [2.45, 2.75) is 26.3 Å². The van der Waals surface area contributed by atoms with Crippen LogP contribution in [0.3, 0.4) is 0 Å². The maximum Gasteiger partial charge on any atom is 0.325 e. The minimum absolute atomic E-state index is 0.0949. The van der Waals surface area contributed by atoms with E-state index in [2.05, 4.69) is 5.32 Å². The zero-order valence-corrected chi connectivity index (χ0v) is 9.73. The number of aryl methyl sites for hydroxylation is 1. The highest BCUT2D eigenvalue weighted by Crippen LogP contribution is 2.18. The fraction of sp³-hybridized carbons (Fsp3) is 0.333. The van der Waals surface area contributed by atoms with Gasteiger partial charge in [0.05, 0.1) is 5.56 Å². The van der Waals surface area contributed by atoms with Gasteiger partial charge in [-0.3, -0.25) is 9.59 Å². The first-order valence-corrected chi connectivity index (χ1v) is 5.31. The number of carbonyl (C=O) groups is 2. The number of amides is 1. The van der Waals surface area contributed by atoms with Crippen LogP contribution in [-0.2, 0) is 11.2 Å². The van der Waals surface area contributed by atoms with E-state index in [1.165, 1.54) is 13.0 Å². The smallest absolute Gasteiger partial charge is 0.325 e. The number of carbonyl (C=O) groups excluding carboxylic acids is 1. The molecule has 92 valence electrons. The average molecular weight is 237 g/mol. The SMILES string of the molecule is CCc1ccc(O)c(C(=O)NC(C)C(=O)O)c1. The molecule has 0 heterocycles. The van der Waals surface area contributed by atoms with E-state index in [0.717, 1.165) is 12.0 Å². The molecule has 3 N–H and O–H groups in total. The highest BCUT2D eigenvalue weighted by Gasteiger charge is 2.17. The maximum absolute atomic E-state index is 11.7. The third-order valence-corrected chi connectivity index (χ3v) is 2.43. The number of carboxylic acid groups (broad SMARTS) is 1. The number of aliphatic carboxylic acids is 1. The van der Waals surface area contributed by atoms with Gasteiger partial charge in [0.2, 0.25) is 0 Å². The molecule has 0 aliphatic rings. The number of carboxylic acids is 1. The Morgan fingerprint density at radius 3 is 2.59 bits per heavy atom. The Morgan fingerprint density at radius 2 is 2.06 bits per heavy atom. The van der Waals surface area contributed by atoms with Gasteiger partial charge in [-0.2, -0.15) is 0 Å². The fourth-order valence-electron chi connectivity index (χ4n) is 1.32. The van der Waals surface area contributed by atoms with Crippen LogP contribution in [0.15, 0.2) is 18.2 Å². The van der Waals surface area contributed by atoms with E-state index >= 15 is 0 Å². The minimum atomic E-state index is -1.12. The number of hydrogen-bond acceptors (Lipinski definition) is 3. The number of rotatable bonds is 4. The number of hydrogen-bond donors (Lipinski definition) is 3. The Morgan fingerprint density at radius 1 is 1.41 bits per heavy atom. The average Bonchev–Trinajstić information content (AvgIpc) is 2.29. The highest BCUT2D eigenvalue weighted by atomic mass is 16.4. The van der Waals surface area contributed by atoms with Crippen LogP contribution in [0.2, 0.25) is 0 Å². The lowest BCUT2D eigenvalue weighted by atomic mass is 10.1. The summed E-state index contributed by atoms with van der Waals surface area (Å²) < 4.78 is 0. The van der Waals surface area contributed by atoms with Gasteiger partial charge < -0.3 is 15.5 Å². The van der Waals surface area contributed by atoms with Crippen LogP contribution in [0.5, 0.6) is 5.75 Å². The normalized spacial score (nSPS) is 11.9. The molecular formula is C12H15NO4. The summed E-state index contributed by atoms with van der Waals surface area (Å²) in [5.41, 5.74) is 0.994. The van der Waals surface area contributed by atoms with Crippen LogP contribution in [0.4, 0.5) is 0 Å². The van der Waals surface area contributed by atoms with Crippen molar-refractivity contribution in [1.29, 1.82) is 0 Å². The first-order valence-electron chi connectivity index (χ1n) is 5.31. The van der Waals surface area contributed by atoms with Crippen molar-refractivity contribution in [1.82, 2.24) is 5.32 Å². The van der Waals surface area contributed by atoms with Gasteiger partial charge in [0.25, 0.3) is 5.91 Å². The number of phenolic OH excluding ortho intramolecular Hbond substituents is 1. The summed E-state index contributed by atoms with van der Waals surface area (Å²) in [4.78, 5) is 22.3. The molecule has 0 saturated heterocycles. The van der Waals surface area contributed by atoms with Crippen LogP contribution >= 0.6 is 0 Å². The second-order valence-electron chi connectivity index (χ2n) is 3.74. The summed E-state index contributed by atoms with van der Waals surface area (Å²) >= 11 is 0. The molecule has 1 atom stereocenters. The van der Waals surface area contributed by atoms with Crippen molar-refractivity contribution in [3.05, 3.63) is 29.3 Å². The number of benzene rings is 1. The molecule has 1 amide bonds. The van der Waals surface area contributed by atoms with Crippen LogP contribution in [0.1, 0.15) is 29.8 Å². The summed E-state index contributed by atoms with van der Waals surface area (Å²) in [6.07, 6.45) is 0.731. The molecule has 0 aliphatic heterocycles. The fourth-order valence-corrected chi connectivity index (χ4v) is 1.32. The molecular weight excluding hydrogens is 222 g/mol. The van der Waals surface area contributed by atoms with Crippen molar-refractivity contribution < 1.29 is 19.8 Å². The van der Waals surface area contributed by atoms with E-state index in [1.807, 2.05) is 6.92 Å².